The lowest BCUT2D eigenvalue weighted by Gasteiger charge is -2.32. The molecule has 21 heavy (non-hydrogen) atoms. The van der Waals surface area contributed by atoms with Crippen LogP contribution in [-0.2, 0) is 11.2 Å². The van der Waals surface area contributed by atoms with Crippen molar-refractivity contribution in [3.63, 3.8) is 0 Å². The van der Waals surface area contributed by atoms with E-state index in [0.717, 1.165) is 43.7 Å². The molecule has 112 valence electrons. The van der Waals surface area contributed by atoms with Gasteiger partial charge < -0.3 is 15.3 Å². The molecule has 2 aliphatic rings. The van der Waals surface area contributed by atoms with Crippen molar-refractivity contribution in [3.05, 3.63) is 29.3 Å². The van der Waals surface area contributed by atoms with Gasteiger partial charge in [-0.3, -0.25) is 4.79 Å². The van der Waals surface area contributed by atoms with Crippen LogP contribution in [0.2, 0.25) is 0 Å². The Morgan fingerprint density at radius 1 is 1.33 bits per heavy atom. The van der Waals surface area contributed by atoms with E-state index in [0.29, 0.717) is 11.5 Å². The molecule has 1 saturated heterocycles. The van der Waals surface area contributed by atoms with Crippen LogP contribution in [-0.4, -0.2) is 36.6 Å². The summed E-state index contributed by atoms with van der Waals surface area (Å²) < 4.78 is 0. The molecule has 2 heterocycles. The van der Waals surface area contributed by atoms with E-state index in [1.165, 1.54) is 0 Å². The van der Waals surface area contributed by atoms with E-state index in [1.807, 2.05) is 4.90 Å². The van der Waals surface area contributed by atoms with Gasteiger partial charge in [-0.25, -0.2) is 4.79 Å². The molecule has 3 rings (SSSR count). The number of fused-ring (bicyclic) bond motifs is 1. The van der Waals surface area contributed by atoms with Crippen LogP contribution in [0.25, 0.3) is 0 Å². The number of nitrogens with one attached hydrogen (secondary N) is 1. The van der Waals surface area contributed by atoms with Crippen LogP contribution in [0.15, 0.2) is 18.2 Å². The summed E-state index contributed by atoms with van der Waals surface area (Å²) in [5, 5.41) is 12.3. The quantitative estimate of drug-likeness (QED) is 0.865. The zero-order chi connectivity index (χ0) is 15.0. The molecule has 0 spiro atoms. The normalized spacial score (nSPS) is 24.7. The van der Waals surface area contributed by atoms with Gasteiger partial charge in [0, 0.05) is 18.8 Å². The molecule has 2 aliphatic heterocycles. The van der Waals surface area contributed by atoms with Crippen molar-refractivity contribution in [2.75, 3.05) is 24.5 Å². The van der Waals surface area contributed by atoms with Crippen molar-refractivity contribution in [2.24, 2.45) is 11.8 Å². The topological polar surface area (TPSA) is 69.6 Å². The highest BCUT2D eigenvalue weighted by atomic mass is 16.4. The van der Waals surface area contributed by atoms with Crippen molar-refractivity contribution in [2.45, 2.75) is 19.8 Å². The van der Waals surface area contributed by atoms with Gasteiger partial charge in [-0.05, 0) is 49.1 Å². The Morgan fingerprint density at radius 3 is 2.81 bits per heavy atom. The fourth-order valence-electron chi connectivity index (χ4n) is 3.30. The van der Waals surface area contributed by atoms with Gasteiger partial charge in [0.25, 0.3) is 0 Å². The third-order valence-corrected chi connectivity index (χ3v) is 4.55. The van der Waals surface area contributed by atoms with Crippen molar-refractivity contribution < 1.29 is 14.7 Å². The molecule has 2 unspecified atom stereocenters. The van der Waals surface area contributed by atoms with Gasteiger partial charge in [-0.1, -0.05) is 6.92 Å². The van der Waals surface area contributed by atoms with Crippen LogP contribution in [0, 0.1) is 11.8 Å². The second kappa shape index (κ2) is 5.48. The number of aromatic carboxylic acids is 1. The Hall–Kier alpha value is -1.88. The summed E-state index contributed by atoms with van der Waals surface area (Å²) in [6, 6.07) is 5.07. The van der Waals surface area contributed by atoms with E-state index in [-0.39, 0.29) is 11.8 Å². The molecule has 0 radical (unpaired) electrons. The summed E-state index contributed by atoms with van der Waals surface area (Å²) >= 11 is 0. The summed E-state index contributed by atoms with van der Waals surface area (Å²) in [4.78, 5) is 25.7. The number of aryl methyl sites for hydroxylation is 1. The summed E-state index contributed by atoms with van der Waals surface area (Å²) in [6.45, 7) is 4.44. The van der Waals surface area contributed by atoms with Crippen LogP contribution in [0.5, 0.6) is 0 Å². The first-order chi connectivity index (χ1) is 10.1. The fourth-order valence-corrected chi connectivity index (χ4v) is 3.30. The Balaban J connectivity index is 1.90. The van der Waals surface area contributed by atoms with Crippen molar-refractivity contribution in [3.8, 4) is 0 Å². The summed E-state index contributed by atoms with van der Waals surface area (Å²) in [6.07, 6.45) is 1.72. The van der Waals surface area contributed by atoms with Gasteiger partial charge in [-0.2, -0.15) is 0 Å². The molecular weight excluding hydrogens is 268 g/mol. The van der Waals surface area contributed by atoms with E-state index in [1.54, 1.807) is 18.2 Å². The zero-order valence-corrected chi connectivity index (χ0v) is 12.1. The molecule has 0 aromatic heterocycles. The number of hydrogen-bond acceptors (Lipinski definition) is 3. The summed E-state index contributed by atoms with van der Waals surface area (Å²) in [5.41, 5.74) is 2.14. The molecule has 1 fully saturated rings. The van der Waals surface area contributed by atoms with Gasteiger partial charge in [0.2, 0.25) is 5.91 Å². The first-order valence-electron chi connectivity index (χ1n) is 7.46. The maximum Gasteiger partial charge on any atom is 0.335 e. The van der Waals surface area contributed by atoms with Gasteiger partial charge in [0.1, 0.15) is 0 Å². The third-order valence-electron chi connectivity index (χ3n) is 4.55. The summed E-state index contributed by atoms with van der Waals surface area (Å²) in [5.74, 6) is -0.386. The van der Waals surface area contributed by atoms with E-state index in [4.69, 9.17) is 5.11 Å². The van der Waals surface area contributed by atoms with E-state index in [9.17, 15) is 9.59 Å². The van der Waals surface area contributed by atoms with Crippen LogP contribution in [0.4, 0.5) is 5.69 Å². The Kier molecular flexibility index (Phi) is 3.68. The number of amides is 1. The van der Waals surface area contributed by atoms with Crippen LogP contribution < -0.4 is 10.2 Å². The van der Waals surface area contributed by atoms with Crippen LogP contribution in [0.1, 0.15) is 29.3 Å². The number of hydrogen-bond donors (Lipinski definition) is 2. The average Bonchev–Trinajstić information content (AvgIpc) is 2.91. The molecule has 0 bridgehead atoms. The molecule has 0 aliphatic carbocycles. The van der Waals surface area contributed by atoms with Gasteiger partial charge >= 0.3 is 5.97 Å². The highest BCUT2D eigenvalue weighted by Gasteiger charge is 2.34. The van der Waals surface area contributed by atoms with E-state index >= 15 is 0 Å². The minimum atomic E-state index is -0.921. The number of rotatable bonds is 2. The first-order valence-corrected chi connectivity index (χ1v) is 7.46. The fraction of sp³-hybridized carbons (Fsp3) is 0.500. The number of anilines is 1. The second-order valence-corrected chi connectivity index (χ2v) is 5.98. The van der Waals surface area contributed by atoms with Gasteiger partial charge in [0.05, 0.1) is 11.5 Å². The molecular formula is C16H20N2O3. The van der Waals surface area contributed by atoms with Crippen LogP contribution in [0.3, 0.4) is 0 Å². The number of carboxylic acid groups (broad SMARTS) is 1. The third kappa shape index (κ3) is 2.53. The monoisotopic (exact) mass is 288 g/mol. The SMILES string of the molecule is CC1CNCC1C(=O)N1CCCc2cc(C(=O)O)ccc21. The zero-order valence-electron chi connectivity index (χ0n) is 12.1. The molecule has 1 aromatic rings. The lowest BCUT2D eigenvalue weighted by Crippen LogP contribution is -2.41. The predicted octanol–water partition coefficient (Wildman–Crippen LogP) is 1.52. The lowest BCUT2D eigenvalue weighted by atomic mass is 9.93. The first kappa shape index (κ1) is 14.1. The number of nitrogens with zero attached hydrogens (tertiary/aromatic N) is 1. The van der Waals surface area contributed by atoms with Crippen LogP contribution >= 0.6 is 0 Å². The minimum absolute atomic E-state index is 0.0232. The molecule has 2 N–H and O–H groups in total. The van der Waals surface area contributed by atoms with E-state index < -0.39 is 5.97 Å². The van der Waals surface area contributed by atoms with Crippen molar-refractivity contribution >= 4 is 17.6 Å². The molecule has 5 heteroatoms. The highest BCUT2D eigenvalue weighted by molar-refractivity contribution is 5.97. The lowest BCUT2D eigenvalue weighted by molar-refractivity contribution is -0.122. The molecule has 0 saturated carbocycles. The number of benzene rings is 1. The number of carboxylic acids is 1. The van der Waals surface area contributed by atoms with Gasteiger partial charge in [-0.15, -0.1) is 0 Å². The smallest absolute Gasteiger partial charge is 0.335 e. The van der Waals surface area contributed by atoms with Crippen molar-refractivity contribution in [1.82, 2.24) is 5.32 Å². The molecule has 1 amide bonds. The van der Waals surface area contributed by atoms with E-state index in [2.05, 4.69) is 12.2 Å². The second-order valence-electron chi connectivity index (χ2n) is 5.98. The minimum Gasteiger partial charge on any atom is -0.478 e. The Bertz CT molecular complexity index is 585. The number of carbonyl (C=O) groups is 2. The Labute approximate surface area is 123 Å². The number of carbonyl (C=O) groups excluding carboxylic acids is 1. The highest BCUT2D eigenvalue weighted by Crippen LogP contribution is 2.31. The maximum atomic E-state index is 12.8. The van der Waals surface area contributed by atoms with Crippen molar-refractivity contribution in [1.29, 1.82) is 0 Å². The molecule has 5 nitrogen and oxygen atoms in total. The van der Waals surface area contributed by atoms with Gasteiger partial charge in [0.15, 0.2) is 0 Å². The summed E-state index contributed by atoms with van der Waals surface area (Å²) in [7, 11) is 0. The predicted molar refractivity (Wildman–Crippen MR) is 79.6 cm³/mol. The standard InChI is InChI=1S/C16H20N2O3/c1-10-8-17-9-13(10)15(19)18-6-2-3-11-7-12(16(20)21)4-5-14(11)18/h4-5,7,10,13,17H,2-3,6,8-9H2,1H3,(H,20,21). The maximum absolute atomic E-state index is 12.8. The Morgan fingerprint density at radius 2 is 2.14 bits per heavy atom. The largest absolute Gasteiger partial charge is 0.478 e. The molecule has 1 aromatic carbocycles. The molecule has 2 atom stereocenters. The average molecular weight is 288 g/mol.